The van der Waals surface area contributed by atoms with Gasteiger partial charge in [0.2, 0.25) is 0 Å². The van der Waals surface area contributed by atoms with Gasteiger partial charge < -0.3 is 0 Å². The number of hydrogen-bond acceptors (Lipinski definition) is 1. The molecule has 2 unspecified atom stereocenters. The van der Waals surface area contributed by atoms with E-state index in [4.69, 9.17) is 11.6 Å². The lowest BCUT2D eigenvalue weighted by Gasteiger charge is -2.41. The third kappa shape index (κ3) is 3.10. The van der Waals surface area contributed by atoms with Crippen molar-refractivity contribution in [1.29, 1.82) is 0 Å². The van der Waals surface area contributed by atoms with Crippen molar-refractivity contribution in [2.75, 3.05) is 0 Å². The molecule has 4 heteroatoms. The molecule has 1 aromatic heterocycles. The maximum atomic E-state index is 6.74. The average Bonchev–Trinajstić information content (AvgIpc) is 2.56. The molecule has 17 heavy (non-hydrogen) atoms. The van der Waals surface area contributed by atoms with Crippen molar-refractivity contribution >= 4 is 54.8 Å². The molecule has 0 saturated heterocycles. The van der Waals surface area contributed by atoms with E-state index in [1.165, 1.54) is 35.0 Å². The SMILES string of the molecule is CC1(C)CCCCC1C(Cl)c1cc(Br)sc1Br. The number of thiophene rings is 1. The van der Waals surface area contributed by atoms with Gasteiger partial charge in [0, 0.05) is 0 Å². The van der Waals surface area contributed by atoms with E-state index in [1.807, 2.05) is 0 Å². The van der Waals surface area contributed by atoms with Gasteiger partial charge in [0.15, 0.2) is 0 Å². The molecule has 1 saturated carbocycles. The van der Waals surface area contributed by atoms with Crippen molar-refractivity contribution in [1.82, 2.24) is 0 Å². The van der Waals surface area contributed by atoms with Gasteiger partial charge in [0.25, 0.3) is 0 Å². The predicted octanol–water partition coefficient (Wildman–Crippen LogP) is 6.77. The summed E-state index contributed by atoms with van der Waals surface area (Å²) in [5, 5.41) is 0.127. The highest BCUT2D eigenvalue weighted by molar-refractivity contribution is 9.12. The first-order chi connectivity index (χ1) is 7.92. The van der Waals surface area contributed by atoms with Crippen LogP contribution in [0.3, 0.4) is 0 Å². The quantitative estimate of drug-likeness (QED) is 0.481. The Hall–Kier alpha value is 0.950. The summed E-state index contributed by atoms with van der Waals surface area (Å²) >= 11 is 15.6. The van der Waals surface area contributed by atoms with Gasteiger partial charge in [-0.2, -0.15) is 0 Å². The van der Waals surface area contributed by atoms with Crippen LogP contribution in [0.4, 0.5) is 0 Å². The minimum Gasteiger partial charge on any atom is -0.121 e. The molecule has 1 aromatic rings. The molecule has 0 bridgehead atoms. The van der Waals surface area contributed by atoms with Crippen LogP contribution >= 0.6 is 54.8 Å². The molecule has 0 aromatic carbocycles. The smallest absolute Gasteiger partial charge is 0.0757 e. The second-order valence-electron chi connectivity index (χ2n) is 5.52. The van der Waals surface area contributed by atoms with Gasteiger partial charge in [-0.1, -0.05) is 26.7 Å². The number of rotatable bonds is 2. The Morgan fingerprint density at radius 1 is 1.41 bits per heavy atom. The van der Waals surface area contributed by atoms with Crippen LogP contribution in [0.15, 0.2) is 13.6 Å². The van der Waals surface area contributed by atoms with E-state index in [2.05, 4.69) is 51.8 Å². The summed E-state index contributed by atoms with van der Waals surface area (Å²) in [6, 6.07) is 2.16. The van der Waals surface area contributed by atoms with Gasteiger partial charge in [0.05, 0.1) is 12.9 Å². The Morgan fingerprint density at radius 3 is 2.65 bits per heavy atom. The molecule has 2 atom stereocenters. The summed E-state index contributed by atoms with van der Waals surface area (Å²) in [4.78, 5) is 0. The van der Waals surface area contributed by atoms with Crippen molar-refractivity contribution in [3.63, 3.8) is 0 Å². The van der Waals surface area contributed by atoms with Crippen LogP contribution in [-0.4, -0.2) is 0 Å². The van der Waals surface area contributed by atoms with E-state index < -0.39 is 0 Å². The van der Waals surface area contributed by atoms with Crippen LogP contribution in [0.2, 0.25) is 0 Å². The van der Waals surface area contributed by atoms with Crippen LogP contribution in [0, 0.1) is 11.3 Å². The van der Waals surface area contributed by atoms with Crippen LogP contribution < -0.4 is 0 Å². The van der Waals surface area contributed by atoms with Crippen LogP contribution in [-0.2, 0) is 0 Å². The van der Waals surface area contributed by atoms with E-state index in [9.17, 15) is 0 Å². The fourth-order valence-electron chi connectivity index (χ4n) is 2.82. The van der Waals surface area contributed by atoms with E-state index in [0.29, 0.717) is 11.3 Å². The van der Waals surface area contributed by atoms with Gasteiger partial charge in [-0.05, 0) is 67.7 Å². The van der Waals surface area contributed by atoms with Gasteiger partial charge in [0.1, 0.15) is 0 Å². The second kappa shape index (κ2) is 5.52. The number of alkyl halides is 1. The minimum absolute atomic E-state index is 0.127. The van der Waals surface area contributed by atoms with Crippen LogP contribution in [0.5, 0.6) is 0 Å². The van der Waals surface area contributed by atoms with Gasteiger partial charge in [-0.15, -0.1) is 22.9 Å². The van der Waals surface area contributed by atoms with E-state index >= 15 is 0 Å². The Labute approximate surface area is 129 Å². The van der Waals surface area contributed by atoms with Crippen molar-refractivity contribution < 1.29 is 0 Å². The zero-order valence-corrected chi connectivity index (χ0v) is 14.8. The molecule has 0 nitrogen and oxygen atoms in total. The molecule has 1 heterocycles. The fraction of sp³-hybridized carbons (Fsp3) is 0.692. The van der Waals surface area contributed by atoms with Gasteiger partial charge in [-0.3, -0.25) is 0 Å². The van der Waals surface area contributed by atoms with E-state index in [1.54, 1.807) is 11.3 Å². The lowest BCUT2D eigenvalue weighted by Crippen LogP contribution is -2.30. The van der Waals surface area contributed by atoms with Gasteiger partial charge >= 0.3 is 0 Å². The topological polar surface area (TPSA) is 0 Å². The highest BCUT2D eigenvalue weighted by Crippen LogP contribution is 2.51. The maximum Gasteiger partial charge on any atom is 0.0757 e. The Morgan fingerprint density at radius 2 is 2.12 bits per heavy atom. The van der Waals surface area contributed by atoms with Crippen molar-refractivity contribution in [2.24, 2.45) is 11.3 Å². The number of halogens is 3. The molecule has 2 rings (SSSR count). The largest absolute Gasteiger partial charge is 0.121 e. The number of hydrogen-bond donors (Lipinski definition) is 0. The third-order valence-electron chi connectivity index (χ3n) is 3.92. The summed E-state index contributed by atoms with van der Waals surface area (Å²) < 4.78 is 2.32. The molecule has 96 valence electrons. The summed E-state index contributed by atoms with van der Waals surface area (Å²) in [5.41, 5.74) is 1.61. The summed E-state index contributed by atoms with van der Waals surface area (Å²) in [5.74, 6) is 0.579. The minimum atomic E-state index is 0.127. The zero-order valence-electron chi connectivity index (χ0n) is 10.1. The highest BCUT2D eigenvalue weighted by atomic mass is 79.9. The third-order valence-corrected chi connectivity index (χ3v) is 6.85. The standard InChI is InChI=1S/C13H17Br2ClS/c1-13(2)6-4-3-5-9(13)11(16)8-7-10(14)17-12(8)15/h7,9,11H,3-6H2,1-2H3. The molecule has 1 aliphatic rings. The lowest BCUT2D eigenvalue weighted by atomic mass is 9.67. The Balaban J connectivity index is 2.24. The first-order valence-corrected chi connectivity index (χ1v) is 8.84. The monoisotopic (exact) mass is 398 g/mol. The molecule has 1 fully saturated rings. The predicted molar refractivity (Wildman–Crippen MR) is 84.1 cm³/mol. The van der Waals surface area contributed by atoms with Crippen molar-refractivity contribution in [2.45, 2.75) is 44.9 Å². The van der Waals surface area contributed by atoms with E-state index in [-0.39, 0.29) is 5.38 Å². The molecule has 0 N–H and O–H groups in total. The second-order valence-corrected chi connectivity index (χ2v) is 9.74. The molecule has 0 radical (unpaired) electrons. The Kier molecular flexibility index (Phi) is 4.66. The van der Waals surface area contributed by atoms with E-state index in [0.717, 1.165) is 3.79 Å². The summed E-state index contributed by atoms with van der Waals surface area (Å²) in [6.45, 7) is 4.73. The molecular formula is C13H17Br2ClS. The fourth-order valence-corrected chi connectivity index (χ4v) is 6.59. The highest BCUT2D eigenvalue weighted by Gasteiger charge is 2.38. The first-order valence-electron chi connectivity index (χ1n) is 6.00. The van der Waals surface area contributed by atoms with Crippen LogP contribution in [0.25, 0.3) is 0 Å². The van der Waals surface area contributed by atoms with Gasteiger partial charge in [-0.25, -0.2) is 0 Å². The molecule has 1 aliphatic carbocycles. The maximum absolute atomic E-state index is 6.74. The average molecular weight is 401 g/mol. The molecule has 0 amide bonds. The van der Waals surface area contributed by atoms with Crippen LogP contribution in [0.1, 0.15) is 50.5 Å². The lowest BCUT2D eigenvalue weighted by molar-refractivity contribution is 0.133. The molecule has 0 aliphatic heterocycles. The van der Waals surface area contributed by atoms with Crippen molar-refractivity contribution in [3.05, 3.63) is 19.2 Å². The summed E-state index contributed by atoms with van der Waals surface area (Å²) in [6.07, 6.45) is 5.22. The normalized spacial score (nSPS) is 25.8. The summed E-state index contributed by atoms with van der Waals surface area (Å²) in [7, 11) is 0. The molecular weight excluding hydrogens is 383 g/mol. The zero-order chi connectivity index (χ0) is 12.6. The first kappa shape index (κ1) is 14.4. The van der Waals surface area contributed by atoms with Crippen molar-refractivity contribution in [3.8, 4) is 0 Å². The Bertz CT molecular complexity index is 400. The molecule has 0 spiro atoms.